The molecule has 0 aliphatic carbocycles. The van der Waals surface area contributed by atoms with E-state index in [1.807, 2.05) is 69.7 Å². The second kappa shape index (κ2) is 13.8. The van der Waals surface area contributed by atoms with Crippen molar-refractivity contribution >= 4 is 29.1 Å². The minimum atomic E-state index is -0.0552. The Labute approximate surface area is 231 Å². The summed E-state index contributed by atoms with van der Waals surface area (Å²) in [5, 5.41) is 9.27. The number of pyridine rings is 3. The van der Waals surface area contributed by atoms with Crippen LogP contribution in [0.2, 0.25) is 0 Å². The third kappa shape index (κ3) is 7.48. The molecule has 0 atom stereocenters. The first-order chi connectivity index (χ1) is 19.0. The normalized spacial score (nSPS) is 10.5. The first-order valence-electron chi connectivity index (χ1n) is 13.1. The SMILES string of the molecule is C=O.CC.CC(C)(C)Nc1cncc(-c2cnc(NCc3ccccn3)c3c(-c4ccccc4)cccc23)c1. The van der Waals surface area contributed by atoms with Gasteiger partial charge in [-0.05, 0) is 55.5 Å². The van der Waals surface area contributed by atoms with Crippen molar-refractivity contribution in [1.29, 1.82) is 0 Å². The number of carbonyl (C=O) groups is 1. The molecule has 0 aliphatic rings. The van der Waals surface area contributed by atoms with Gasteiger partial charge in [-0.25, -0.2) is 4.98 Å². The van der Waals surface area contributed by atoms with Crippen LogP contribution in [-0.4, -0.2) is 27.3 Å². The van der Waals surface area contributed by atoms with Crippen molar-refractivity contribution in [2.24, 2.45) is 0 Å². The molecular formula is C33H37N5O. The molecule has 2 aromatic carbocycles. The van der Waals surface area contributed by atoms with Gasteiger partial charge in [0.25, 0.3) is 0 Å². The molecule has 0 aliphatic heterocycles. The lowest BCUT2D eigenvalue weighted by Crippen LogP contribution is -2.26. The van der Waals surface area contributed by atoms with Gasteiger partial charge in [0, 0.05) is 46.8 Å². The van der Waals surface area contributed by atoms with E-state index in [0.29, 0.717) is 6.54 Å². The Balaban J connectivity index is 0.00000100. The van der Waals surface area contributed by atoms with Crippen molar-refractivity contribution < 1.29 is 4.79 Å². The molecule has 3 aromatic heterocycles. The van der Waals surface area contributed by atoms with Gasteiger partial charge in [0.2, 0.25) is 0 Å². The largest absolute Gasteiger partial charge is 0.379 e. The van der Waals surface area contributed by atoms with E-state index in [-0.39, 0.29) is 5.54 Å². The second-order valence-corrected chi connectivity index (χ2v) is 9.63. The lowest BCUT2D eigenvalue weighted by molar-refractivity contribution is -0.0979. The summed E-state index contributed by atoms with van der Waals surface area (Å²) >= 11 is 0. The number of fused-ring (bicyclic) bond motifs is 1. The number of hydrogen-bond donors (Lipinski definition) is 2. The highest BCUT2D eigenvalue weighted by molar-refractivity contribution is 6.09. The highest BCUT2D eigenvalue weighted by atomic mass is 16.1. The summed E-state index contributed by atoms with van der Waals surface area (Å²) < 4.78 is 0. The molecule has 3 heterocycles. The standard InChI is InChI=1S/C30H29N5.C2H6.CH2O/c1-30(2,3)35-24-16-22(17-31-18-24)27-20-34-29(33-19-23-12-7-8-15-32-23)28-25(13-9-14-26(27)28)21-10-5-4-6-11-21;2*1-2/h4-18,20,35H,19H2,1-3H3,(H,33,34);1-2H3;1H2. The molecule has 0 saturated carbocycles. The Bertz CT molecular complexity index is 1460. The van der Waals surface area contributed by atoms with E-state index in [2.05, 4.69) is 89.9 Å². The van der Waals surface area contributed by atoms with Crippen LogP contribution in [0.25, 0.3) is 33.0 Å². The van der Waals surface area contributed by atoms with Crippen LogP contribution in [-0.2, 0) is 11.3 Å². The molecule has 0 amide bonds. The number of nitrogens with one attached hydrogen (secondary N) is 2. The van der Waals surface area contributed by atoms with Crippen LogP contribution in [0, 0.1) is 0 Å². The van der Waals surface area contributed by atoms with Crippen molar-refractivity contribution in [2.45, 2.75) is 46.7 Å². The fraction of sp³-hybridized carbons (Fsp3) is 0.212. The van der Waals surface area contributed by atoms with E-state index >= 15 is 0 Å². The van der Waals surface area contributed by atoms with Crippen LogP contribution in [0.1, 0.15) is 40.3 Å². The highest BCUT2D eigenvalue weighted by Gasteiger charge is 2.16. The molecule has 6 heteroatoms. The van der Waals surface area contributed by atoms with Crippen molar-refractivity contribution in [3.8, 4) is 22.3 Å². The monoisotopic (exact) mass is 519 g/mol. The van der Waals surface area contributed by atoms with Crippen LogP contribution >= 0.6 is 0 Å². The van der Waals surface area contributed by atoms with Crippen LogP contribution in [0.4, 0.5) is 11.5 Å². The van der Waals surface area contributed by atoms with Crippen molar-refractivity contribution in [3.05, 3.63) is 103 Å². The van der Waals surface area contributed by atoms with E-state index in [0.717, 1.165) is 50.2 Å². The summed E-state index contributed by atoms with van der Waals surface area (Å²) in [6, 6.07) is 25.0. The Kier molecular flexibility index (Phi) is 10.3. The van der Waals surface area contributed by atoms with Gasteiger partial charge in [-0.3, -0.25) is 9.97 Å². The predicted octanol–water partition coefficient (Wildman–Crippen LogP) is 8.02. The molecule has 5 aromatic rings. The van der Waals surface area contributed by atoms with Crippen molar-refractivity contribution in [3.63, 3.8) is 0 Å². The first-order valence-corrected chi connectivity index (χ1v) is 13.1. The Morgan fingerprint density at radius 1 is 0.769 bits per heavy atom. The fourth-order valence-electron chi connectivity index (χ4n) is 4.28. The van der Waals surface area contributed by atoms with Gasteiger partial charge in [0.15, 0.2) is 0 Å². The quantitative estimate of drug-likeness (QED) is 0.236. The average Bonchev–Trinajstić information content (AvgIpc) is 2.98. The molecule has 5 rings (SSSR count). The number of aromatic nitrogens is 3. The van der Waals surface area contributed by atoms with Crippen LogP contribution in [0.5, 0.6) is 0 Å². The van der Waals surface area contributed by atoms with E-state index in [4.69, 9.17) is 9.78 Å². The number of rotatable bonds is 6. The van der Waals surface area contributed by atoms with E-state index in [1.165, 1.54) is 0 Å². The maximum absolute atomic E-state index is 8.00. The van der Waals surface area contributed by atoms with Gasteiger partial charge in [-0.15, -0.1) is 0 Å². The maximum Gasteiger partial charge on any atom is 0.134 e. The number of nitrogens with zero attached hydrogens (tertiary/aromatic N) is 3. The van der Waals surface area contributed by atoms with Gasteiger partial charge in [-0.2, -0.15) is 0 Å². The van der Waals surface area contributed by atoms with Crippen molar-refractivity contribution in [1.82, 2.24) is 15.0 Å². The van der Waals surface area contributed by atoms with Gasteiger partial charge in [0.05, 0.1) is 17.9 Å². The fourth-order valence-corrected chi connectivity index (χ4v) is 4.28. The molecule has 0 saturated heterocycles. The number of benzene rings is 2. The summed E-state index contributed by atoms with van der Waals surface area (Å²) in [6.45, 7) is 13.0. The molecule has 0 unspecified atom stereocenters. The zero-order valence-electron chi connectivity index (χ0n) is 23.4. The number of carbonyl (C=O) groups excluding carboxylic acids is 1. The lowest BCUT2D eigenvalue weighted by atomic mass is 9.94. The number of anilines is 2. The molecule has 39 heavy (non-hydrogen) atoms. The summed E-state index contributed by atoms with van der Waals surface area (Å²) in [7, 11) is 0. The molecule has 2 N–H and O–H groups in total. The molecule has 6 nitrogen and oxygen atoms in total. The maximum atomic E-state index is 8.00. The molecule has 0 fully saturated rings. The molecule has 0 spiro atoms. The minimum Gasteiger partial charge on any atom is -0.379 e. The molecule has 200 valence electrons. The summed E-state index contributed by atoms with van der Waals surface area (Å²) in [5.41, 5.74) is 6.26. The summed E-state index contributed by atoms with van der Waals surface area (Å²) in [6.07, 6.45) is 7.52. The van der Waals surface area contributed by atoms with Gasteiger partial charge in [0.1, 0.15) is 12.6 Å². The van der Waals surface area contributed by atoms with Gasteiger partial charge >= 0.3 is 0 Å². The Hall–Kier alpha value is -4.58. The van der Waals surface area contributed by atoms with E-state index < -0.39 is 0 Å². The van der Waals surface area contributed by atoms with Crippen LogP contribution in [0.15, 0.2) is 97.6 Å². The zero-order chi connectivity index (χ0) is 28.3. The summed E-state index contributed by atoms with van der Waals surface area (Å²) in [5.74, 6) is 0.839. The minimum absolute atomic E-state index is 0.0552. The van der Waals surface area contributed by atoms with Crippen molar-refractivity contribution in [2.75, 3.05) is 10.6 Å². The van der Waals surface area contributed by atoms with Gasteiger partial charge in [-0.1, -0.05) is 68.4 Å². The lowest BCUT2D eigenvalue weighted by Gasteiger charge is -2.22. The Morgan fingerprint density at radius 2 is 1.51 bits per heavy atom. The topological polar surface area (TPSA) is 79.8 Å². The smallest absolute Gasteiger partial charge is 0.134 e. The average molecular weight is 520 g/mol. The molecule has 0 radical (unpaired) electrons. The third-order valence-corrected chi connectivity index (χ3v) is 5.73. The molecule has 0 bridgehead atoms. The Morgan fingerprint density at radius 3 is 2.21 bits per heavy atom. The molecular weight excluding hydrogens is 482 g/mol. The van der Waals surface area contributed by atoms with Crippen LogP contribution < -0.4 is 10.6 Å². The van der Waals surface area contributed by atoms with Crippen LogP contribution in [0.3, 0.4) is 0 Å². The van der Waals surface area contributed by atoms with E-state index in [1.54, 1.807) is 0 Å². The second-order valence-electron chi connectivity index (χ2n) is 9.63. The third-order valence-electron chi connectivity index (χ3n) is 5.73. The van der Waals surface area contributed by atoms with E-state index in [9.17, 15) is 0 Å². The number of hydrogen-bond acceptors (Lipinski definition) is 6. The highest BCUT2D eigenvalue weighted by Crippen LogP contribution is 2.38. The van der Waals surface area contributed by atoms with Gasteiger partial charge < -0.3 is 15.4 Å². The predicted molar refractivity (Wildman–Crippen MR) is 164 cm³/mol. The summed E-state index contributed by atoms with van der Waals surface area (Å²) in [4.78, 5) is 21.9. The zero-order valence-corrected chi connectivity index (χ0v) is 23.4. The first kappa shape index (κ1) is 29.0.